The van der Waals surface area contributed by atoms with Crippen molar-refractivity contribution in [2.75, 3.05) is 10.6 Å². The molecule has 0 radical (unpaired) electrons. The lowest BCUT2D eigenvalue weighted by molar-refractivity contribution is 0.0528. The van der Waals surface area contributed by atoms with Gasteiger partial charge in [-0.2, -0.15) is 0 Å². The minimum atomic E-state index is -1.21. The Bertz CT molecular complexity index is 751. The van der Waals surface area contributed by atoms with Crippen LogP contribution in [-0.4, -0.2) is 23.4 Å². The zero-order valence-electron chi connectivity index (χ0n) is 14.6. The molecule has 1 aromatic carbocycles. The van der Waals surface area contributed by atoms with Crippen molar-refractivity contribution in [2.45, 2.75) is 33.8 Å². The fraction of sp³-hybridized carbons (Fsp3) is 0.333. The van der Waals surface area contributed by atoms with Gasteiger partial charge in [-0.25, -0.2) is 9.59 Å². The molecule has 6 nitrogen and oxygen atoms in total. The van der Waals surface area contributed by atoms with Crippen LogP contribution in [0.3, 0.4) is 0 Å². The number of ether oxygens (including phenoxy) is 1. The third kappa shape index (κ3) is 5.22. The van der Waals surface area contributed by atoms with E-state index in [0.29, 0.717) is 11.4 Å². The molecule has 25 heavy (non-hydrogen) atoms. The second-order valence-corrected chi connectivity index (χ2v) is 7.65. The number of benzene rings is 1. The third-order valence-electron chi connectivity index (χ3n) is 3.81. The molecule has 0 fully saturated rings. The van der Waals surface area contributed by atoms with Gasteiger partial charge in [0.15, 0.2) is 0 Å². The van der Waals surface area contributed by atoms with Gasteiger partial charge in [0, 0.05) is 4.88 Å². The maximum absolute atomic E-state index is 12.1. The molecule has 1 heterocycles. The van der Waals surface area contributed by atoms with Crippen molar-refractivity contribution in [1.82, 2.24) is 0 Å². The van der Waals surface area contributed by atoms with E-state index in [0.717, 1.165) is 10.4 Å². The van der Waals surface area contributed by atoms with Crippen molar-refractivity contribution in [3.8, 4) is 10.4 Å². The first kappa shape index (κ1) is 18.8. The van der Waals surface area contributed by atoms with Crippen LogP contribution in [0.5, 0.6) is 0 Å². The summed E-state index contributed by atoms with van der Waals surface area (Å²) in [6.45, 7) is 7.73. The van der Waals surface area contributed by atoms with E-state index in [1.165, 1.54) is 0 Å². The van der Waals surface area contributed by atoms with Crippen molar-refractivity contribution >= 4 is 34.9 Å². The lowest BCUT2D eigenvalue weighted by Gasteiger charge is -2.27. The van der Waals surface area contributed by atoms with Gasteiger partial charge < -0.3 is 9.84 Å². The largest absolute Gasteiger partial charge is 0.465 e. The Kier molecular flexibility index (Phi) is 5.69. The van der Waals surface area contributed by atoms with E-state index in [2.05, 4.69) is 10.6 Å². The lowest BCUT2D eigenvalue weighted by atomic mass is 9.90. The van der Waals surface area contributed by atoms with Crippen molar-refractivity contribution in [1.29, 1.82) is 0 Å². The summed E-state index contributed by atoms with van der Waals surface area (Å²) in [5.74, 6) is 0. The molecular formula is C18H22N2O4S. The highest BCUT2D eigenvalue weighted by Crippen LogP contribution is 2.32. The Hall–Kier alpha value is -2.54. The number of thiophene rings is 1. The minimum absolute atomic E-state index is 0.192. The SMILES string of the molecule is CC(OC(=O)Nc1ccc(-c2cccs2)cc1NC(=O)O)C(C)(C)C. The van der Waals surface area contributed by atoms with Crippen LogP contribution in [0.25, 0.3) is 10.4 Å². The Morgan fingerprint density at radius 3 is 2.44 bits per heavy atom. The van der Waals surface area contributed by atoms with E-state index in [1.807, 2.05) is 51.3 Å². The molecule has 2 rings (SSSR count). The molecule has 0 aliphatic rings. The van der Waals surface area contributed by atoms with Gasteiger partial charge in [-0.1, -0.05) is 32.9 Å². The second kappa shape index (κ2) is 7.57. The summed E-state index contributed by atoms with van der Waals surface area (Å²) in [5.41, 5.74) is 1.30. The summed E-state index contributed by atoms with van der Waals surface area (Å²) >= 11 is 1.55. The molecule has 1 atom stereocenters. The summed E-state index contributed by atoms with van der Waals surface area (Å²) < 4.78 is 5.36. The lowest BCUT2D eigenvalue weighted by Crippen LogP contribution is -2.30. The highest BCUT2D eigenvalue weighted by molar-refractivity contribution is 7.13. The molecule has 2 amide bonds. The van der Waals surface area contributed by atoms with E-state index in [1.54, 1.807) is 23.5 Å². The number of nitrogens with one attached hydrogen (secondary N) is 2. The Morgan fingerprint density at radius 1 is 1.16 bits per heavy atom. The molecule has 0 saturated heterocycles. The van der Waals surface area contributed by atoms with Crippen LogP contribution >= 0.6 is 11.3 Å². The van der Waals surface area contributed by atoms with Gasteiger partial charge in [0.2, 0.25) is 0 Å². The summed E-state index contributed by atoms with van der Waals surface area (Å²) in [4.78, 5) is 24.2. The quantitative estimate of drug-likeness (QED) is 0.671. The molecule has 0 saturated carbocycles. The normalized spacial score (nSPS) is 12.3. The Balaban J connectivity index is 2.21. The molecule has 1 unspecified atom stereocenters. The van der Waals surface area contributed by atoms with Crippen molar-refractivity contribution < 1.29 is 19.4 Å². The number of carbonyl (C=O) groups is 2. The average Bonchev–Trinajstić information content (AvgIpc) is 3.01. The molecule has 134 valence electrons. The van der Waals surface area contributed by atoms with Crippen molar-refractivity contribution in [3.63, 3.8) is 0 Å². The summed E-state index contributed by atoms with van der Waals surface area (Å²) in [5, 5.41) is 15.9. The number of anilines is 2. The maximum Gasteiger partial charge on any atom is 0.411 e. The smallest absolute Gasteiger partial charge is 0.411 e. The second-order valence-electron chi connectivity index (χ2n) is 6.71. The van der Waals surface area contributed by atoms with Crippen molar-refractivity contribution in [2.24, 2.45) is 5.41 Å². The highest BCUT2D eigenvalue weighted by atomic mass is 32.1. The van der Waals surface area contributed by atoms with Crippen LogP contribution in [0.4, 0.5) is 21.0 Å². The zero-order valence-corrected chi connectivity index (χ0v) is 15.4. The average molecular weight is 362 g/mol. The number of carbonyl (C=O) groups excluding carboxylic acids is 1. The Morgan fingerprint density at radius 2 is 1.88 bits per heavy atom. The molecule has 3 N–H and O–H groups in total. The Labute approximate surface area is 150 Å². The molecule has 1 aromatic heterocycles. The van der Waals surface area contributed by atoms with E-state index >= 15 is 0 Å². The first-order valence-electron chi connectivity index (χ1n) is 7.82. The van der Waals surface area contributed by atoms with Gasteiger partial charge >= 0.3 is 12.2 Å². The molecule has 0 aliphatic heterocycles. The van der Waals surface area contributed by atoms with E-state index in [9.17, 15) is 9.59 Å². The minimum Gasteiger partial charge on any atom is -0.465 e. The van der Waals surface area contributed by atoms with Crippen LogP contribution in [0.1, 0.15) is 27.7 Å². The molecular weight excluding hydrogens is 340 g/mol. The number of carboxylic acid groups (broad SMARTS) is 1. The predicted octanol–water partition coefficient (Wildman–Crippen LogP) is 5.49. The molecule has 0 aliphatic carbocycles. The van der Waals surface area contributed by atoms with Crippen LogP contribution < -0.4 is 10.6 Å². The van der Waals surface area contributed by atoms with Gasteiger partial charge in [-0.3, -0.25) is 10.6 Å². The summed E-state index contributed by atoms with van der Waals surface area (Å²) in [6.07, 6.45) is -2.13. The number of hydrogen-bond acceptors (Lipinski definition) is 4. The molecule has 2 aromatic rings. The maximum atomic E-state index is 12.1. The molecule has 0 bridgehead atoms. The van der Waals surface area contributed by atoms with Gasteiger partial charge in [-0.15, -0.1) is 11.3 Å². The number of rotatable bonds is 4. The topological polar surface area (TPSA) is 87.7 Å². The fourth-order valence-corrected chi connectivity index (χ4v) is 2.67. The van der Waals surface area contributed by atoms with Crippen LogP contribution in [0.15, 0.2) is 35.7 Å². The number of hydrogen-bond donors (Lipinski definition) is 3. The number of amides is 2. The van der Waals surface area contributed by atoms with E-state index in [-0.39, 0.29) is 11.5 Å². The van der Waals surface area contributed by atoms with Gasteiger partial charge in [-0.05, 0) is 41.5 Å². The van der Waals surface area contributed by atoms with Crippen LogP contribution in [-0.2, 0) is 4.74 Å². The predicted molar refractivity (Wildman–Crippen MR) is 100 cm³/mol. The van der Waals surface area contributed by atoms with Crippen molar-refractivity contribution in [3.05, 3.63) is 35.7 Å². The monoisotopic (exact) mass is 362 g/mol. The highest BCUT2D eigenvalue weighted by Gasteiger charge is 2.24. The first-order chi connectivity index (χ1) is 11.7. The first-order valence-corrected chi connectivity index (χ1v) is 8.70. The summed E-state index contributed by atoms with van der Waals surface area (Å²) in [7, 11) is 0. The van der Waals surface area contributed by atoms with Gasteiger partial charge in [0.1, 0.15) is 6.10 Å². The van der Waals surface area contributed by atoms with Gasteiger partial charge in [0.05, 0.1) is 11.4 Å². The zero-order chi connectivity index (χ0) is 18.6. The van der Waals surface area contributed by atoms with Crippen LogP contribution in [0, 0.1) is 5.41 Å². The standard InChI is InChI=1S/C18H22N2O4S/c1-11(18(2,3)4)24-17(23)20-13-8-7-12(15-6-5-9-25-15)10-14(13)19-16(21)22/h5-11,19H,1-4H3,(H,20,23)(H,21,22). The molecule has 0 spiro atoms. The third-order valence-corrected chi connectivity index (χ3v) is 4.73. The summed E-state index contributed by atoms with van der Waals surface area (Å²) in [6, 6.07) is 9.02. The molecule has 7 heteroatoms. The van der Waals surface area contributed by atoms with Gasteiger partial charge in [0.25, 0.3) is 0 Å². The van der Waals surface area contributed by atoms with E-state index < -0.39 is 12.2 Å². The fourth-order valence-electron chi connectivity index (χ4n) is 1.94. The van der Waals surface area contributed by atoms with E-state index in [4.69, 9.17) is 9.84 Å². The van der Waals surface area contributed by atoms with Crippen LogP contribution in [0.2, 0.25) is 0 Å².